The van der Waals surface area contributed by atoms with E-state index in [0.29, 0.717) is 6.42 Å². The lowest BCUT2D eigenvalue weighted by atomic mass is 10.0. The Balaban J connectivity index is 3.52. The molecule has 0 aromatic carbocycles. The molecule has 0 heterocycles. The monoisotopic (exact) mass is 270 g/mol. The van der Waals surface area contributed by atoms with Crippen molar-refractivity contribution in [3.05, 3.63) is 0 Å². The topological polar surface area (TPSA) is 17.1 Å². The second kappa shape index (κ2) is 9.34. The zero-order valence-electron chi connectivity index (χ0n) is 10.9. The molecular formula is C13H22F4O. The molecule has 18 heavy (non-hydrogen) atoms. The molecule has 0 bridgehead atoms. The Labute approximate surface area is 106 Å². The molecular weight excluding hydrogens is 248 g/mol. The fourth-order valence-corrected chi connectivity index (χ4v) is 1.71. The van der Waals surface area contributed by atoms with Crippen molar-refractivity contribution in [3.63, 3.8) is 0 Å². The number of rotatable bonds is 11. The van der Waals surface area contributed by atoms with E-state index < -0.39 is 24.6 Å². The van der Waals surface area contributed by atoms with E-state index in [4.69, 9.17) is 0 Å². The average molecular weight is 270 g/mol. The normalized spacial score (nSPS) is 12.1. The molecule has 0 radical (unpaired) electrons. The molecule has 0 N–H and O–H groups in total. The van der Waals surface area contributed by atoms with Crippen LogP contribution in [0.2, 0.25) is 0 Å². The fraction of sp³-hybridized carbons (Fsp3) is 0.923. The van der Waals surface area contributed by atoms with E-state index in [2.05, 4.69) is 6.92 Å². The van der Waals surface area contributed by atoms with Crippen molar-refractivity contribution in [2.45, 2.75) is 77.1 Å². The number of hydrogen-bond acceptors (Lipinski definition) is 1. The molecule has 108 valence electrons. The number of alkyl halides is 4. The van der Waals surface area contributed by atoms with Gasteiger partial charge in [-0.15, -0.1) is 0 Å². The molecule has 0 amide bonds. The maximum Gasteiger partial charge on any atom is 0.364 e. The first-order chi connectivity index (χ1) is 8.42. The highest BCUT2D eigenvalue weighted by molar-refractivity contribution is 5.85. The number of unbranched alkanes of at least 4 members (excludes halogenated alkanes) is 7. The van der Waals surface area contributed by atoms with Gasteiger partial charge in [0.15, 0.2) is 0 Å². The highest BCUT2D eigenvalue weighted by Crippen LogP contribution is 2.26. The van der Waals surface area contributed by atoms with Crippen LogP contribution < -0.4 is 0 Å². The van der Waals surface area contributed by atoms with Crippen molar-refractivity contribution in [1.29, 1.82) is 0 Å². The summed E-state index contributed by atoms with van der Waals surface area (Å²) in [6.45, 7) is 2.12. The molecule has 0 fully saturated rings. The third kappa shape index (κ3) is 6.97. The molecule has 0 aromatic rings. The molecule has 1 nitrogen and oxygen atoms in total. The van der Waals surface area contributed by atoms with Crippen molar-refractivity contribution < 1.29 is 22.4 Å². The lowest BCUT2D eigenvalue weighted by Crippen LogP contribution is -2.36. The Morgan fingerprint density at radius 3 is 1.83 bits per heavy atom. The second-order valence-corrected chi connectivity index (χ2v) is 4.57. The minimum absolute atomic E-state index is 0.273. The van der Waals surface area contributed by atoms with Gasteiger partial charge in [0.2, 0.25) is 5.78 Å². The summed E-state index contributed by atoms with van der Waals surface area (Å²) in [5.74, 6) is -6.11. The number of Topliss-reactive ketones (excluding diaryl/α,β-unsaturated/α-hetero) is 1. The van der Waals surface area contributed by atoms with Crippen molar-refractivity contribution in [2.75, 3.05) is 0 Å². The van der Waals surface area contributed by atoms with E-state index in [1.165, 1.54) is 12.8 Å². The van der Waals surface area contributed by atoms with Gasteiger partial charge in [-0.1, -0.05) is 51.9 Å². The standard InChI is InChI=1S/C13H22F4O/c1-2-3-4-5-6-7-8-9-10-11(18)13(16,17)12(14)15/h12H,2-10H2,1H3. The maximum absolute atomic E-state index is 12.6. The van der Waals surface area contributed by atoms with Crippen LogP contribution in [0.5, 0.6) is 0 Å². The number of hydrogen-bond donors (Lipinski definition) is 0. The maximum atomic E-state index is 12.6. The SMILES string of the molecule is CCCCCCCCCCC(=O)C(F)(F)C(F)F. The Kier molecular flexibility index (Phi) is 9.02. The minimum atomic E-state index is -4.47. The molecule has 0 spiro atoms. The highest BCUT2D eigenvalue weighted by atomic mass is 19.3. The van der Waals surface area contributed by atoms with Gasteiger partial charge in [0.1, 0.15) is 0 Å². The summed E-state index contributed by atoms with van der Waals surface area (Å²) in [6, 6.07) is 0. The van der Waals surface area contributed by atoms with Crippen LogP contribution in [0.15, 0.2) is 0 Å². The molecule has 0 aliphatic heterocycles. The lowest BCUT2D eigenvalue weighted by Gasteiger charge is -2.13. The summed E-state index contributed by atoms with van der Waals surface area (Å²) in [7, 11) is 0. The van der Waals surface area contributed by atoms with E-state index in [9.17, 15) is 22.4 Å². The van der Waals surface area contributed by atoms with Crippen molar-refractivity contribution >= 4 is 5.78 Å². The zero-order valence-corrected chi connectivity index (χ0v) is 10.9. The number of carbonyl (C=O) groups is 1. The van der Waals surface area contributed by atoms with Crippen LogP contribution in [-0.2, 0) is 4.79 Å². The van der Waals surface area contributed by atoms with Gasteiger partial charge in [-0.2, -0.15) is 8.78 Å². The van der Waals surface area contributed by atoms with Crippen LogP contribution in [-0.4, -0.2) is 18.1 Å². The van der Waals surface area contributed by atoms with E-state index in [0.717, 1.165) is 25.7 Å². The van der Waals surface area contributed by atoms with E-state index in [1.54, 1.807) is 0 Å². The summed E-state index contributed by atoms with van der Waals surface area (Å²) in [5, 5.41) is 0. The molecule has 0 saturated heterocycles. The van der Waals surface area contributed by atoms with Crippen LogP contribution in [0.1, 0.15) is 64.7 Å². The van der Waals surface area contributed by atoms with Gasteiger partial charge in [-0.3, -0.25) is 4.79 Å². The Hall–Kier alpha value is -0.610. The van der Waals surface area contributed by atoms with Crippen molar-refractivity contribution in [2.24, 2.45) is 0 Å². The average Bonchev–Trinajstić information content (AvgIpc) is 2.32. The number of halogens is 4. The first-order valence-electron chi connectivity index (χ1n) is 6.62. The molecule has 0 saturated carbocycles. The number of ketones is 1. The third-order valence-electron chi connectivity index (χ3n) is 2.90. The van der Waals surface area contributed by atoms with Gasteiger partial charge in [0.25, 0.3) is 0 Å². The van der Waals surface area contributed by atoms with Gasteiger partial charge in [-0.05, 0) is 6.42 Å². The van der Waals surface area contributed by atoms with Crippen LogP contribution in [0.3, 0.4) is 0 Å². The number of carbonyl (C=O) groups excluding carboxylic acids is 1. The molecule has 0 unspecified atom stereocenters. The second-order valence-electron chi connectivity index (χ2n) is 4.57. The van der Waals surface area contributed by atoms with Crippen molar-refractivity contribution in [1.82, 2.24) is 0 Å². The van der Waals surface area contributed by atoms with Gasteiger partial charge >= 0.3 is 12.3 Å². The van der Waals surface area contributed by atoms with E-state index in [-0.39, 0.29) is 6.42 Å². The van der Waals surface area contributed by atoms with E-state index in [1.807, 2.05) is 0 Å². The van der Waals surface area contributed by atoms with Crippen LogP contribution in [0, 0.1) is 0 Å². The predicted octanol–water partition coefficient (Wildman–Crippen LogP) is 4.99. The molecule has 5 heteroatoms. The van der Waals surface area contributed by atoms with Crippen molar-refractivity contribution in [3.8, 4) is 0 Å². The van der Waals surface area contributed by atoms with Gasteiger partial charge in [-0.25, -0.2) is 8.78 Å². The van der Waals surface area contributed by atoms with Gasteiger partial charge in [0, 0.05) is 6.42 Å². The largest absolute Gasteiger partial charge is 0.364 e. The fourth-order valence-electron chi connectivity index (χ4n) is 1.71. The molecule has 0 aromatic heterocycles. The predicted molar refractivity (Wildman–Crippen MR) is 63.2 cm³/mol. The first-order valence-corrected chi connectivity index (χ1v) is 6.62. The molecule has 0 aliphatic rings. The Morgan fingerprint density at radius 2 is 1.39 bits per heavy atom. The summed E-state index contributed by atoms with van der Waals surface area (Å²) in [5.41, 5.74) is 0. The summed E-state index contributed by atoms with van der Waals surface area (Å²) in [6.07, 6.45) is 3.10. The van der Waals surface area contributed by atoms with Gasteiger partial charge in [0.05, 0.1) is 0 Å². The van der Waals surface area contributed by atoms with Gasteiger partial charge < -0.3 is 0 Å². The quantitative estimate of drug-likeness (QED) is 0.382. The first kappa shape index (κ1) is 17.4. The van der Waals surface area contributed by atoms with Crippen LogP contribution in [0.4, 0.5) is 17.6 Å². The molecule has 0 aliphatic carbocycles. The third-order valence-corrected chi connectivity index (χ3v) is 2.90. The Bertz CT molecular complexity index is 229. The summed E-state index contributed by atoms with van der Waals surface area (Å²) < 4.78 is 48.8. The minimum Gasteiger partial charge on any atom is -0.293 e. The smallest absolute Gasteiger partial charge is 0.293 e. The zero-order chi connectivity index (χ0) is 14.0. The van der Waals surface area contributed by atoms with Crippen LogP contribution >= 0.6 is 0 Å². The van der Waals surface area contributed by atoms with E-state index >= 15 is 0 Å². The summed E-state index contributed by atoms with van der Waals surface area (Å²) in [4.78, 5) is 10.9. The highest BCUT2D eigenvalue weighted by Gasteiger charge is 2.47. The van der Waals surface area contributed by atoms with Crippen LogP contribution in [0.25, 0.3) is 0 Å². The lowest BCUT2D eigenvalue weighted by molar-refractivity contribution is -0.167. The summed E-state index contributed by atoms with van der Waals surface area (Å²) >= 11 is 0. The Morgan fingerprint density at radius 1 is 0.944 bits per heavy atom. The molecule has 0 atom stereocenters. The molecule has 0 rings (SSSR count).